The lowest BCUT2D eigenvalue weighted by atomic mass is 9.83. The molecule has 1 heterocycles. The van der Waals surface area contributed by atoms with Crippen molar-refractivity contribution in [1.29, 1.82) is 0 Å². The number of fused-ring (bicyclic) bond motifs is 5. The fourth-order valence-electron chi connectivity index (χ4n) is 6.42. The summed E-state index contributed by atoms with van der Waals surface area (Å²) in [5.74, 6) is 0. The van der Waals surface area contributed by atoms with E-state index in [0.29, 0.717) is 38.6 Å². The van der Waals surface area contributed by atoms with E-state index in [4.69, 9.17) is 16.8 Å². The van der Waals surface area contributed by atoms with Crippen LogP contribution >= 0.6 is 0 Å². The molecule has 0 unspecified atom stereocenters. The second-order valence-corrected chi connectivity index (χ2v) is 10.8. The van der Waals surface area contributed by atoms with Crippen LogP contribution in [0.5, 0.6) is 0 Å². The monoisotopic (exact) mass is 583 g/mol. The van der Waals surface area contributed by atoms with E-state index in [-0.39, 0.29) is 69.3 Å². The molecular formula is C44H28O. The van der Waals surface area contributed by atoms with Crippen LogP contribution < -0.4 is 0 Å². The normalized spacial score (nSPS) is 15.0. The van der Waals surface area contributed by atoms with Crippen molar-refractivity contribution in [2.45, 2.75) is 0 Å². The molecule has 9 aromatic rings. The van der Waals surface area contributed by atoms with E-state index in [2.05, 4.69) is 0 Å². The highest BCUT2D eigenvalue weighted by Gasteiger charge is 2.21. The summed E-state index contributed by atoms with van der Waals surface area (Å²) in [5, 5.41) is 3.17. The van der Waals surface area contributed by atoms with Gasteiger partial charge in [-0.15, -0.1) is 0 Å². The molecule has 1 aromatic heterocycles. The van der Waals surface area contributed by atoms with Crippen LogP contribution in [0.1, 0.15) is 15.1 Å². The highest BCUT2D eigenvalue weighted by molar-refractivity contribution is 6.23. The summed E-state index contributed by atoms with van der Waals surface area (Å²) in [6.45, 7) is 0. The third kappa shape index (κ3) is 4.09. The molecule has 0 aliphatic carbocycles. The Balaban J connectivity index is 1.46. The molecule has 1 nitrogen and oxygen atoms in total. The minimum Gasteiger partial charge on any atom is -0.456 e. The van der Waals surface area contributed by atoms with Gasteiger partial charge >= 0.3 is 0 Å². The number of furan rings is 1. The summed E-state index contributed by atoms with van der Waals surface area (Å²) in [4.78, 5) is 0. The van der Waals surface area contributed by atoms with E-state index in [1.165, 1.54) is 0 Å². The largest absolute Gasteiger partial charge is 0.456 e. The Morgan fingerprint density at radius 1 is 0.378 bits per heavy atom. The topological polar surface area (TPSA) is 13.1 Å². The van der Waals surface area contributed by atoms with Gasteiger partial charge < -0.3 is 4.42 Å². The zero-order valence-electron chi connectivity index (χ0n) is 34.7. The first-order valence-electron chi connectivity index (χ1n) is 20.1. The van der Waals surface area contributed by atoms with Crippen molar-refractivity contribution in [3.63, 3.8) is 0 Å². The van der Waals surface area contributed by atoms with Crippen molar-refractivity contribution < 1.29 is 19.5 Å². The summed E-state index contributed by atoms with van der Waals surface area (Å²) in [7, 11) is 0. The Kier molecular flexibility index (Phi) is 3.87. The Bertz CT molecular complexity index is 3070. The van der Waals surface area contributed by atoms with Crippen LogP contribution in [0.15, 0.2) is 174 Å². The molecule has 0 aliphatic heterocycles. The molecular weight excluding hydrogens is 544 g/mol. The van der Waals surface area contributed by atoms with Crippen molar-refractivity contribution >= 4 is 43.5 Å². The molecule has 0 atom stereocenters. The van der Waals surface area contributed by atoms with Crippen LogP contribution in [0.2, 0.25) is 0 Å². The summed E-state index contributed by atoms with van der Waals surface area (Å²) in [6.07, 6.45) is 0. The summed E-state index contributed by atoms with van der Waals surface area (Å²) in [5.41, 5.74) is 3.59. The third-order valence-electron chi connectivity index (χ3n) is 8.28. The van der Waals surface area contributed by atoms with Crippen LogP contribution in [0.4, 0.5) is 0 Å². The molecule has 0 fully saturated rings. The van der Waals surface area contributed by atoms with Gasteiger partial charge in [-0.1, -0.05) is 151 Å². The molecule has 210 valence electrons. The molecule has 0 saturated heterocycles. The zero-order chi connectivity index (χ0) is 39.3. The standard InChI is InChI=1S/C44H28O/c1-3-15-29(16-4-1)32-19-7-8-20-33(32)43-36-23-11-9-21-34(36)42(35-22-10-12-24-37(35)43)31-27-39(30-17-5-2-6-18-30)44-38-25-13-14-26-40(38)45-41(44)28-31/h1-28H/i1D,3D,4D,13D,14D,15D,16D,25D,26D,27D,28D. The van der Waals surface area contributed by atoms with Gasteiger partial charge in [-0.3, -0.25) is 0 Å². The molecule has 0 saturated carbocycles. The van der Waals surface area contributed by atoms with Crippen molar-refractivity contribution in [2.24, 2.45) is 0 Å². The van der Waals surface area contributed by atoms with Gasteiger partial charge in [-0.05, 0) is 84.2 Å². The Labute approximate surface area is 277 Å². The second kappa shape index (κ2) is 10.4. The lowest BCUT2D eigenvalue weighted by Gasteiger charge is -2.20. The fraction of sp³-hybridized carbons (Fsp3) is 0. The lowest BCUT2D eigenvalue weighted by molar-refractivity contribution is 0.669. The average Bonchev–Trinajstić information content (AvgIpc) is 3.62. The molecule has 8 aromatic carbocycles. The van der Waals surface area contributed by atoms with Gasteiger partial charge in [-0.25, -0.2) is 0 Å². The average molecular weight is 584 g/mol. The quantitative estimate of drug-likeness (QED) is 0.188. The Hall–Kier alpha value is -5.92. The second-order valence-electron chi connectivity index (χ2n) is 10.8. The van der Waals surface area contributed by atoms with Gasteiger partial charge in [-0.2, -0.15) is 0 Å². The van der Waals surface area contributed by atoms with E-state index in [9.17, 15) is 2.74 Å². The number of hydrogen-bond donors (Lipinski definition) is 0. The fourth-order valence-corrected chi connectivity index (χ4v) is 6.42. The molecule has 9 rings (SSSR count). The van der Waals surface area contributed by atoms with Gasteiger partial charge in [0.25, 0.3) is 0 Å². The van der Waals surface area contributed by atoms with Gasteiger partial charge in [0.05, 0.1) is 15.1 Å². The number of rotatable bonds is 4. The predicted molar refractivity (Wildman–Crippen MR) is 190 cm³/mol. The first-order valence-corrected chi connectivity index (χ1v) is 14.6. The van der Waals surface area contributed by atoms with Crippen molar-refractivity contribution in [1.82, 2.24) is 0 Å². The van der Waals surface area contributed by atoms with E-state index in [1.807, 2.05) is 91.0 Å². The number of hydrogen-bond acceptors (Lipinski definition) is 1. The van der Waals surface area contributed by atoms with Gasteiger partial charge in [0, 0.05) is 10.8 Å². The summed E-state index contributed by atoms with van der Waals surface area (Å²) < 4.78 is 103. The molecule has 45 heavy (non-hydrogen) atoms. The van der Waals surface area contributed by atoms with Crippen molar-refractivity contribution in [3.8, 4) is 44.5 Å². The first-order chi connectivity index (χ1) is 26.9. The molecule has 0 aliphatic rings. The number of para-hydroxylation sites is 1. The van der Waals surface area contributed by atoms with E-state index < -0.39 is 30.2 Å². The maximum atomic E-state index is 9.95. The summed E-state index contributed by atoms with van der Waals surface area (Å²) >= 11 is 0. The van der Waals surface area contributed by atoms with Crippen LogP contribution in [0, 0.1) is 0 Å². The smallest absolute Gasteiger partial charge is 0.136 e. The SMILES string of the molecule is [2H]c1c([2H])c([2H])c(-c2ccccc2-c2c3ccccc3c(-c3c([2H])c(-c4ccccc4)c4c(oc5c([2H])c([2H])c([2H])c([2H])c54)c3[2H])c3ccccc23)c([2H])c1[2H]. The number of benzene rings is 8. The minimum absolute atomic E-state index is 0.0219. The Morgan fingerprint density at radius 3 is 1.67 bits per heavy atom. The van der Waals surface area contributed by atoms with Crippen LogP contribution in [0.3, 0.4) is 0 Å². The molecule has 0 radical (unpaired) electrons. The minimum atomic E-state index is -0.478. The maximum Gasteiger partial charge on any atom is 0.136 e. The molecule has 1 heteroatoms. The summed E-state index contributed by atoms with van der Waals surface area (Å²) in [6, 6.07) is 27.7. The zero-order valence-corrected chi connectivity index (χ0v) is 23.7. The molecule has 0 amide bonds. The highest BCUT2D eigenvalue weighted by atomic mass is 16.3. The molecule has 0 spiro atoms. The van der Waals surface area contributed by atoms with Crippen LogP contribution in [-0.4, -0.2) is 0 Å². The lowest BCUT2D eigenvalue weighted by Crippen LogP contribution is -1.93. The Morgan fingerprint density at radius 2 is 0.956 bits per heavy atom. The first kappa shape index (κ1) is 16.8. The van der Waals surface area contributed by atoms with Crippen LogP contribution in [0.25, 0.3) is 88.0 Å². The predicted octanol–water partition coefficient (Wildman–Crippen LogP) is 12.6. The maximum absolute atomic E-state index is 9.95. The van der Waals surface area contributed by atoms with Gasteiger partial charge in [0.2, 0.25) is 0 Å². The highest BCUT2D eigenvalue weighted by Crippen LogP contribution is 2.48. The van der Waals surface area contributed by atoms with Crippen molar-refractivity contribution in [3.05, 3.63) is 170 Å². The van der Waals surface area contributed by atoms with E-state index >= 15 is 0 Å². The van der Waals surface area contributed by atoms with Gasteiger partial charge in [0.15, 0.2) is 0 Å². The van der Waals surface area contributed by atoms with E-state index in [0.717, 1.165) is 16.3 Å². The molecule has 0 N–H and O–H groups in total. The third-order valence-corrected chi connectivity index (χ3v) is 8.28. The van der Waals surface area contributed by atoms with E-state index in [1.54, 1.807) is 12.1 Å². The van der Waals surface area contributed by atoms with Crippen LogP contribution in [-0.2, 0) is 0 Å². The molecule has 0 bridgehead atoms. The van der Waals surface area contributed by atoms with Crippen molar-refractivity contribution in [2.75, 3.05) is 0 Å². The van der Waals surface area contributed by atoms with Gasteiger partial charge in [0.1, 0.15) is 11.2 Å².